The van der Waals surface area contributed by atoms with Gasteiger partial charge in [0.1, 0.15) is 48.0 Å². The van der Waals surface area contributed by atoms with Crippen LogP contribution < -0.4 is 9.64 Å². The zero-order chi connectivity index (χ0) is 31.5. The Kier molecular flexibility index (Phi) is 7.17. The minimum Gasteiger partial charge on any atom is -0.508 e. The van der Waals surface area contributed by atoms with E-state index in [1.165, 1.54) is 29.3 Å². The first kappa shape index (κ1) is 29.4. The van der Waals surface area contributed by atoms with Crippen molar-refractivity contribution >= 4 is 27.5 Å². The molecule has 2 aromatic heterocycles. The summed E-state index contributed by atoms with van der Waals surface area (Å²) in [5, 5.41) is 11.0. The molecule has 0 unspecified atom stereocenters. The minimum absolute atomic E-state index is 0.00890. The summed E-state index contributed by atoms with van der Waals surface area (Å²) in [6.45, 7) is -0.515. The lowest BCUT2D eigenvalue weighted by atomic mass is 9.95. The van der Waals surface area contributed by atoms with Gasteiger partial charge in [-0.2, -0.15) is 9.97 Å². The number of aromatic nitrogens is 3. The number of alkyl halides is 3. The summed E-state index contributed by atoms with van der Waals surface area (Å²) in [5.74, 6) is -2.91. The van der Waals surface area contributed by atoms with Gasteiger partial charge in [-0.3, -0.25) is 9.88 Å². The first-order valence-electron chi connectivity index (χ1n) is 14.6. The number of anilines is 1. The van der Waals surface area contributed by atoms with E-state index in [4.69, 9.17) is 15.9 Å². The molecule has 0 saturated carbocycles. The smallest absolute Gasteiger partial charge is 0.319 e. The second-order valence-electron chi connectivity index (χ2n) is 11.9. The highest BCUT2D eigenvalue weighted by Gasteiger charge is 2.49. The van der Waals surface area contributed by atoms with Crippen molar-refractivity contribution in [1.29, 1.82) is 0 Å². The van der Waals surface area contributed by atoms with Crippen LogP contribution in [0.4, 0.5) is 27.8 Å². The lowest BCUT2D eigenvalue weighted by molar-refractivity contribution is -0.0564. The van der Waals surface area contributed by atoms with Gasteiger partial charge in [-0.15, -0.1) is 6.42 Å². The van der Waals surface area contributed by atoms with E-state index in [2.05, 4.69) is 20.9 Å². The SMILES string of the molecule is C#Cc1c(F)ccc2cc(O)cc(-c3ncc4c(N5CCOCC(F)(F)C5)nc(OC[C@@]56CCCN5C[C@H](F)C6)nc4c3F)c12. The van der Waals surface area contributed by atoms with Crippen molar-refractivity contribution in [3.05, 3.63) is 47.7 Å². The van der Waals surface area contributed by atoms with Crippen LogP contribution in [0.2, 0.25) is 0 Å². The summed E-state index contributed by atoms with van der Waals surface area (Å²) < 4.78 is 86.2. The second-order valence-corrected chi connectivity index (χ2v) is 11.9. The first-order chi connectivity index (χ1) is 21.6. The number of phenolic OH excluding ortho intramolecular Hbond substituents is 1. The van der Waals surface area contributed by atoms with Crippen LogP contribution in [0, 0.1) is 24.0 Å². The molecule has 4 aromatic rings. The number of fused-ring (bicyclic) bond motifs is 3. The van der Waals surface area contributed by atoms with Crippen LogP contribution >= 0.6 is 0 Å². The van der Waals surface area contributed by atoms with Crippen LogP contribution in [0.3, 0.4) is 0 Å². The number of benzene rings is 2. The van der Waals surface area contributed by atoms with E-state index in [0.717, 1.165) is 19.0 Å². The minimum atomic E-state index is -3.22. The molecular formula is C32H28F5N5O3. The van der Waals surface area contributed by atoms with E-state index in [1.54, 1.807) is 0 Å². The predicted octanol–water partition coefficient (Wildman–Crippen LogP) is 5.24. The number of ether oxygens (including phenoxy) is 2. The van der Waals surface area contributed by atoms with Crippen LogP contribution in [0.1, 0.15) is 24.8 Å². The van der Waals surface area contributed by atoms with Gasteiger partial charge in [-0.25, -0.2) is 22.0 Å². The molecule has 0 spiro atoms. The number of halogens is 5. The van der Waals surface area contributed by atoms with Crippen LogP contribution in [-0.2, 0) is 4.74 Å². The van der Waals surface area contributed by atoms with Crippen molar-refractivity contribution in [3.8, 4) is 35.4 Å². The molecule has 45 heavy (non-hydrogen) atoms. The number of phenols is 1. The summed E-state index contributed by atoms with van der Waals surface area (Å²) in [4.78, 5) is 16.4. The topological polar surface area (TPSA) is 83.8 Å². The zero-order valence-corrected chi connectivity index (χ0v) is 24.0. The second kappa shape index (κ2) is 11.0. The summed E-state index contributed by atoms with van der Waals surface area (Å²) in [5.41, 5.74) is -1.30. The standard InChI is InChI=1S/C32H28F5N5O3/c1-2-21-24(34)5-4-18-10-20(43)11-22(25(18)21)27-26(35)28-23(13-38-27)29(41-8-9-44-17-32(36,37)15-41)40-30(39-28)45-16-31-6-3-7-42(31)14-19(33)12-31/h1,4-5,10-11,13,19,43H,3,6-9,12,14-17H2/t19-,31+/m1/s1. The molecule has 0 bridgehead atoms. The summed E-state index contributed by atoms with van der Waals surface area (Å²) in [7, 11) is 0. The highest BCUT2D eigenvalue weighted by atomic mass is 19.3. The van der Waals surface area contributed by atoms with Crippen molar-refractivity contribution < 1.29 is 36.5 Å². The predicted molar refractivity (Wildman–Crippen MR) is 156 cm³/mol. The Hall–Kier alpha value is -4.28. The van der Waals surface area contributed by atoms with Crippen LogP contribution in [0.5, 0.6) is 11.8 Å². The number of hydrogen-bond acceptors (Lipinski definition) is 8. The third kappa shape index (κ3) is 5.15. The molecule has 2 atom stereocenters. The fraction of sp³-hybridized carbons (Fsp3) is 0.406. The third-order valence-corrected chi connectivity index (χ3v) is 8.87. The van der Waals surface area contributed by atoms with Crippen molar-refractivity contribution in [3.63, 3.8) is 0 Å². The largest absolute Gasteiger partial charge is 0.508 e. The molecule has 234 valence electrons. The monoisotopic (exact) mass is 625 g/mol. The van der Waals surface area contributed by atoms with Gasteiger partial charge in [-0.1, -0.05) is 12.0 Å². The molecule has 3 fully saturated rings. The molecule has 1 N–H and O–H groups in total. The van der Waals surface area contributed by atoms with Gasteiger partial charge in [-0.05, 0) is 43.0 Å². The molecule has 2 aromatic carbocycles. The van der Waals surface area contributed by atoms with E-state index < -0.39 is 42.4 Å². The Morgan fingerprint density at radius 2 is 2.02 bits per heavy atom. The Morgan fingerprint density at radius 1 is 1.18 bits per heavy atom. The Balaban J connectivity index is 1.39. The molecule has 0 radical (unpaired) electrons. The van der Waals surface area contributed by atoms with E-state index in [0.29, 0.717) is 11.8 Å². The quantitative estimate of drug-likeness (QED) is 0.238. The molecule has 7 rings (SSSR count). The van der Waals surface area contributed by atoms with Gasteiger partial charge in [0.15, 0.2) is 5.82 Å². The molecule has 3 saturated heterocycles. The molecule has 5 heterocycles. The van der Waals surface area contributed by atoms with Gasteiger partial charge in [0, 0.05) is 36.7 Å². The van der Waals surface area contributed by atoms with Gasteiger partial charge < -0.3 is 19.5 Å². The van der Waals surface area contributed by atoms with Crippen molar-refractivity contribution in [2.24, 2.45) is 0 Å². The first-order valence-corrected chi connectivity index (χ1v) is 14.6. The molecule has 3 aliphatic rings. The fourth-order valence-corrected chi connectivity index (χ4v) is 6.90. The molecule has 13 heteroatoms. The maximum absolute atomic E-state index is 16.6. The van der Waals surface area contributed by atoms with E-state index >= 15 is 4.39 Å². The average Bonchev–Trinajstić information content (AvgIpc) is 3.46. The molecule has 0 aliphatic carbocycles. The fourth-order valence-electron chi connectivity index (χ4n) is 6.90. The highest BCUT2D eigenvalue weighted by Crippen LogP contribution is 2.42. The Bertz CT molecular complexity index is 1870. The van der Waals surface area contributed by atoms with Crippen LogP contribution in [0.25, 0.3) is 32.9 Å². The number of terminal acetylenes is 1. The molecule has 8 nitrogen and oxygen atoms in total. The molecule has 3 aliphatic heterocycles. The van der Waals surface area contributed by atoms with E-state index in [-0.39, 0.29) is 83.4 Å². The van der Waals surface area contributed by atoms with Gasteiger partial charge in [0.2, 0.25) is 0 Å². The van der Waals surface area contributed by atoms with Crippen molar-refractivity contribution in [2.75, 3.05) is 50.9 Å². The summed E-state index contributed by atoms with van der Waals surface area (Å²) in [6.07, 6.45) is 7.67. The number of hydrogen-bond donors (Lipinski definition) is 1. The number of rotatable bonds is 5. The number of pyridine rings is 1. The van der Waals surface area contributed by atoms with Crippen molar-refractivity contribution in [1.82, 2.24) is 19.9 Å². The van der Waals surface area contributed by atoms with Gasteiger partial charge >= 0.3 is 6.01 Å². The average molecular weight is 626 g/mol. The van der Waals surface area contributed by atoms with E-state index in [9.17, 15) is 22.7 Å². The summed E-state index contributed by atoms with van der Waals surface area (Å²) >= 11 is 0. The number of aromatic hydroxyl groups is 1. The lowest BCUT2D eigenvalue weighted by Crippen LogP contribution is -2.43. The lowest BCUT2D eigenvalue weighted by Gasteiger charge is -2.31. The molecule has 0 amide bonds. The maximum atomic E-state index is 16.6. The van der Waals surface area contributed by atoms with Crippen molar-refractivity contribution in [2.45, 2.75) is 36.9 Å². The van der Waals surface area contributed by atoms with E-state index in [1.807, 2.05) is 4.90 Å². The van der Waals surface area contributed by atoms with Gasteiger partial charge in [0.25, 0.3) is 5.92 Å². The molecular weight excluding hydrogens is 597 g/mol. The highest BCUT2D eigenvalue weighted by molar-refractivity contribution is 6.03. The zero-order valence-electron chi connectivity index (χ0n) is 24.0. The summed E-state index contributed by atoms with van der Waals surface area (Å²) in [6, 6.07) is 4.85. The van der Waals surface area contributed by atoms with Gasteiger partial charge in [0.05, 0.1) is 29.6 Å². The normalized spacial score (nSPS) is 23.3. The Morgan fingerprint density at radius 3 is 2.84 bits per heavy atom. The van der Waals surface area contributed by atoms with Crippen LogP contribution in [0.15, 0.2) is 30.5 Å². The third-order valence-electron chi connectivity index (χ3n) is 8.87. The maximum Gasteiger partial charge on any atom is 0.319 e. The van der Waals surface area contributed by atoms with Crippen LogP contribution in [-0.4, -0.2) is 88.6 Å². The number of nitrogens with zero attached hydrogens (tertiary/aromatic N) is 5. The Labute approximate surface area is 254 Å².